The minimum atomic E-state index is 0.752. The van der Waals surface area contributed by atoms with Crippen molar-refractivity contribution in [1.29, 1.82) is 0 Å². The van der Waals surface area contributed by atoms with Crippen LogP contribution in [0.4, 0.5) is 0 Å². The molecule has 3 nitrogen and oxygen atoms in total. The van der Waals surface area contributed by atoms with Crippen LogP contribution in [0.15, 0.2) is 24.3 Å². The maximum absolute atomic E-state index is 4.81. The quantitative estimate of drug-likeness (QED) is 0.912. The molecule has 0 aliphatic carbocycles. The van der Waals surface area contributed by atoms with Crippen LogP contribution in [0.1, 0.15) is 32.0 Å². The summed E-state index contributed by atoms with van der Waals surface area (Å²) in [4.78, 5) is 4.81. The number of imidazole rings is 1. The van der Waals surface area contributed by atoms with Gasteiger partial charge in [0.1, 0.15) is 5.82 Å². The molecule has 2 heterocycles. The molecule has 1 unspecified atom stereocenters. The Bertz CT molecular complexity index is 538. The molecule has 0 spiro atoms. The lowest BCUT2D eigenvalue weighted by Crippen LogP contribution is -2.32. The minimum absolute atomic E-state index is 0.752. The monoisotopic (exact) mass is 257 g/mol. The number of nitrogens with zero attached hydrogens (tertiary/aromatic N) is 2. The van der Waals surface area contributed by atoms with Gasteiger partial charge >= 0.3 is 0 Å². The van der Waals surface area contributed by atoms with E-state index in [9.17, 15) is 0 Å². The molecule has 1 aromatic carbocycles. The molecule has 0 bridgehead atoms. The van der Waals surface area contributed by atoms with Crippen LogP contribution in [0, 0.1) is 5.92 Å². The van der Waals surface area contributed by atoms with E-state index in [4.69, 9.17) is 4.98 Å². The van der Waals surface area contributed by atoms with Gasteiger partial charge in [-0.2, -0.15) is 0 Å². The first-order valence-electron chi connectivity index (χ1n) is 7.53. The number of aromatic nitrogens is 2. The third-order valence-electron chi connectivity index (χ3n) is 4.05. The number of rotatable bonds is 4. The fourth-order valence-corrected chi connectivity index (χ4v) is 3.08. The molecule has 0 saturated carbocycles. The van der Waals surface area contributed by atoms with Crippen molar-refractivity contribution in [2.75, 3.05) is 13.1 Å². The van der Waals surface area contributed by atoms with Gasteiger partial charge < -0.3 is 9.88 Å². The lowest BCUT2D eigenvalue weighted by Gasteiger charge is -2.24. The first-order valence-corrected chi connectivity index (χ1v) is 7.53. The van der Waals surface area contributed by atoms with Gasteiger partial charge in [0.25, 0.3) is 0 Å². The fraction of sp³-hybridized carbons (Fsp3) is 0.562. The molecule has 2 aromatic rings. The summed E-state index contributed by atoms with van der Waals surface area (Å²) >= 11 is 0. The Morgan fingerprint density at radius 3 is 3.05 bits per heavy atom. The zero-order chi connectivity index (χ0) is 13.1. The van der Waals surface area contributed by atoms with Crippen LogP contribution < -0.4 is 5.32 Å². The largest absolute Gasteiger partial charge is 0.328 e. The number of hydrogen-bond donors (Lipinski definition) is 1. The number of fused-ring (bicyclic) bond motifs is 1. The number of nitrogens with one attached hydrogen (secondary N) is 1. The van der Waals surface area contributed by atoms with E-state index in [1.807, 2.05) is 0 Å². The molecule has 1 atom stereocenters. The van der Waals surface area contributed by atoms with E-state index in [1.165, 1.54) is 30.7 Å². The van der Waals surface area contributed by atoms with Crippen molar-refractivity contribution in [1.82, 2.24) is 14.9 Å². The zero-order valence-corrected chi connectivity index (χ0v) is 11.7. The van der Waals surface area contributed by atoms with E-state index < -0.39 is 0 Å². The second kappa shape index (κ2) is 5.74. The Kier molecular flexibility index (Phi) is 3.83. The Labute approximate surface area is 115 Å². The van der Waals surface area contributed by atoms with Gasteiger partial charge in [-0.05, 0) is 50.4 Å². The van der Waals surface area contributed by atoms with E-state index in [1.54, 1.807) is 0 Å². The van der Waals surface area contributed by atoms with Crippen molar-refractivity contribution in [3.05, 3.63) is 30.1 Å². The molecular formula is C16H23N3. The highest BCUT2D eigenvalue weighted by molar-refractivity contribution is 5.75. The van der Waals surface area contributed by atoms with Gasteiger partial charge in [-0.1, -0.05) is 19.1 Å². The number of aryl methyl sites for hydroxylation is 1. The first kappa shape index (κ1) is 12.7. The van der Waals surface area contributed by atoms with Crippen molar-refractivity contribution in [3.63, 3.8) is 0 Å². The molecule has 1 saturated heterocycles. The van der Waals surface area contributed by atoms with Gasteiger partial charge in [0.15, 0.2) is 0 Å². The smallest absolute Gasteiger partial charge is 0.109 e. The molecule has 1 aliphatic heterocycles. The molecule has 3 heteroatoms. The van der Waals surface area contributed by atoms with Crippen LogP contribution in [-0.2, 0) is 13.0 Å². The van der Waals surface area contributed by atoms with E-state index >= 15 is 0 Å². The Morgan fingerprint density at radius 2 is 2.26 bits per heavy atom. The van der Waals surface area contributed by atoms with Gasteiger partial charge in [0.2, 0.25) is 0 Å². The lowest BCUT2D eigenvalue weighted by atomic mass is 9.99. The maximum Gasteiger partial charge on any atom is 0.109 e. The van der Waals surface area contributed by atoms with Gasteiger partial charge in [0, 0.05) is 13.0 Å². The molecule has 1 aromatic heterocycles. The van der Waals surface area contributed by atoms with Crippen LogP contribution in [0.2, 0.25) is 0 Å². The third kappa shape index (κ3) is 2.66. The highest BCUT2D eigenvalue weighted by Gasteiger charge is 2.17. The van der Waals surface area contributed by atoms with Crippen molar-refractivity contribution in [2.45, 2.75) is 39.2 Å². The van der Waals surface area contributed by atoms with Crippen LogP contribution in [0.3, 0.4) is 0 Å². The molecular weight excluding hydrogens is 234 g/mol. The van der Waals surface area contributed by atoms with E-state index in [-0.39, 0.29) is 0 Å². The molecule has 1 fully saturated rings. The number of para-hydroxylation sites is 2. The van der Waals surface area contributed by atoms with Gasteiger partial charge in [-0.25, -0.2) is 4.98 Å². The molecule has 1 aliphatic rings. The summed E-state index contributed by atoms with van der Waals surface area (Å²) in [5, 5.41) is 3.51. The summed E-state index contributed by atoms with van der Waals surface area (Å²) in [7, 11) is 0. The fourth-order valence-electron chi connectivity index (χ4n) is 3.08. The molecule has 102 valence electrons. The predicted molar refractivity (Wildman–Crippen MR) is 79.3 cm³/mol. The molecule has 19 heavy (non-hydrogen) atoms. The average Bonchev–Trinajstić information content (AvgIpc) is 2.79. The van der Waals surface area contributed by atoms with Crippen molar-refractivity contribution in [2.24, 2.45) is 5.92 Å². The van der Waals surface area contributed by atoms with Crippen LogP contribution in [0.25, 0.3) is 11.0 Å². The normalized spacial score (nSPS) is 19.9. The van der Waals surface area contributed by atoms with Crippen LogP contribution in [-0.4, -0.2) is 22.6 Å². The summed E-state index contributed by atoms with van der Waals surface area (Å²) in [6.07, 6.45) is 4.88. The van der Waals surface area contributed by atoms with Crippen LogP contribution in [0.5, 0.6) is 0 Å². The van der Waals surface area contributed by atoms with E-state index in [0.717, 1.165) is 37.4 Å². The van der Waals surface area contributed by atoms with Crippen molar-refractivity contribution in [3.8, 4) is 0 Å². The summed E-state index contributed by atoms with van der Waals surface area (Å²) in [6.45, 7) is 5.68. The van der Waals surface area contributed by atoms with Crippen LogP contribution >= 0.6 is 0 Å². The summed E-state index contributed by atoms with van der Waals surface area (Å²) in [5.41, 5.74) is 2.45. The third-order valence-corrected chi connectivity index (χ3v) is 4.05. The average molecular weight is 257 g/mol. The highest BCUT2D eigenvalue weighted by atomic mass is 15.1. The Balaban J connectivity index is 1.92. The van der Waals surface area contributed by atoms with Gasteiger partial charge in [-0.3, -0.25) is 0 Å². The first-order chi connectivity index (χ1) is 9.38. The molecule has 1 N–H and O–H groups in total. The lowest BCUT2D eigenvalue weighted by molar-refractivity contribution is 0.336. The maximum atomic E-state index is 4.81. The van der Waals surface area contributed by atoms with Gasteiger partial charge in [0.05, 0.1) is 11.0 Å². The number of benzene rings is 1. The van der Waals surface area contributed by atoms with Gasteiger partial charge in [-0.15, -0.1) is 0 Å². The highest BCUT2D eigenvalue weighted by Crippen LogP contribution is 2.21. The standard InChI is InChI=1S/C16H23N3/c1-2-6-16-18-14-8-3-4-9-15(14)19(16)12-13-7-5-10-17-11-13/h3-4,8-9,13,17H,2,5-7,10-12H2,1H3. The van der Waals surface area contributed by atoms with Crippen molar-refractivity contribution < 1.29 is 0 Å². The number of hydrogen-bond acceptors (Lipinski definition) is 2. The summed E-state index contributed by atoms with van der Waals surface area (Å²) in [5.74, 6) is 2.01. The van der Waals surface area contributed by atoms with E-state index in [2.05, 4.69) is 41.1 Å². The number of piperidine rings is 1. The molecule has 3 rings (SSSR count). The summed E-state index contributed by atoms with van der Waals surface area (Å²) in [6, 6.07) is 8.54. The second-order valence-electron chi connectivity index (χ2n) is 5.59. The minimum Gasteiger partial charge on any atom is -0.328 e. The topological polar surface area (TPSA) is 29.9 Å². The predicted octanol–water partition coefficient (Wildman–Crippen LogP) is 2.99. The molecule has 0 amide bonds. The second-order valence-corrected chi connectivity index (χ2v) is 5.59. The SMILES string of the molecule is CCCc1nc2ccccc2n1CC1CCCNC1. The summed E-state index contributed by atoms with van der Waals surface area (Å²) < 4.78 is 2.45. The zero-order valence-electron chi connectivity index (χ0n) is 11.7. The Hall–Kier alpha value is -1.35. The van der Waals surface area contributed by atoms with E-state index in [0.29, 0.717) is 0 Å². The molecule has 0 radical (unpaired) electrons. The Morgan fingerprint density at radius 1 is 1.37 bits per heavy atom. The van der Waals surface area contributed by atoms with Crippen molar-refractivity contribution >= 4 is 11.0 Å².